The number of carbonyl (C=O) groups is 1. The summed E-state index contributed by atoms with van der Waals surface area (Å²) in [4.78, 5) is 12.0. The molecule has 0 unspecified atom stereocenters. The highest BCUT2D eigenvalue weighted by Crippen LogP contribution is 2.20. The van der Waals surface area contributed by atoms with Gasteiger partial charge in [-0.1, -0.05) is 18.2 Å². The molecule has 0 bridgehead atoms. The van der Waals surface area contributed by atoms with Gasteiger partial charge in [-0.15, -0.1) is 0 Å². The van der Waals surface area contributed by atoms with Crippen molar-refractivity contribution in [3.05, 3.63) is 58.9 Å². The molecule has 4 heteroatoms. The predicted octanol–water partition coefficient (Wildman–Crippen LogP) is 4.41. The first-order chi connectivity index (χ1) is 11.0. The van der Waals surface area contributed by atoms with E-state index in [-0.39, 0.29) is 11.7 Å². The van der Waals surface area contributed by atoms with Crippen LogP contribution in [0, 0.1) is 19.7 Å². The summed E-state index contributed by atoms with van der Waals surface area (Å²) in [5.74, 6) is 0.466. The van der Waals surface area contributed by atoms with Gasteiger partial charge in [0.05, 0.1) is 7.11 Å². The minimum Gasteiger partial charge on any atom is -0.496 e. The van der Waals surface area contributed by atoms with Gasteiger partial charge in [0.25, 0.3) is 0 Å². The molecule has 1 N–H and O–H groups in total. The van der Waals surface area contributed by atoms with Crippen molar-refractivity contribution in [2.75, 3.05) is 12.4 Å². The van der Waals surface area contributed by atoms with Crippen molar-refractivity contribution < 1.29 is 13.9 Å². The highest BCUT2D eigenvalue weighted by atomic mass is 19.1. The summed E-state index contributed by atoms with van der Waals surface area (Å²) in [5, 5.41) is 2.77. The maximum Gasteiger partial charge on any atom is 0.224 e. The van der Waals surface area contributed by atoms with Crippen molar-refractivity contribution in [2.45, 2.75) is 33.1 Å². The predicted molar refractivity (Wildman–Crippen MR) is 90.4 cm³/mol. The van der Waals surface area contributed by atoms with E-state index >= 15 is 0 Å². The molecule has 2 aromatic carbocycles. The number of anilines is 1. The lowest BCUT2D eigenvalue weighted by Gasteiger charge is -2.09. The molecule has 122 valence electrons. The van der Waals surface area contributed by atoms with Gasteiger partial charge in [-0.2, -0.15) is 0 Å². The molecule has 0 radical (unpaired) electrons. The number of aryl methyl sites for hydroxylation is 2. The average Bonchev–Trinajstić information content (AvgIpc) is 2.52. The molecule has 0 atom stereocenters. The zero-order valence-corrected chi connectivity index (χ0v) is 13.8. The Labute approximate surface area is 136 Å². The van der Waals surface area contributed by atoms with Crippen LogP contribution in [-0.2, 0) is 11.2 Å². The summed E-state index contributed by atoms with van der Waals surface area (Å²) in [5.41, 5.74) is 3.27. The highest BCUT2D eigenvalue weighted by molar-refractivity contribution is 5.91. The van der Waals surface area contributed by atoms with Crippen molar-refractivity contribution in [1.82, 2.24) is 0 Å². The number of methoxy groups -OCH3 is 1. The number of rotatable bonds is 6. The Balaban J connectivity index is 1.85. The number of nitrogens with one attached hydrogen (secondary N) is 1. The lowest BCUT2D eigenvalue weighted by Crippen LogP contribution is -2.12. The standard InChI is InChI=1S/C19H22FNO2/c1-13-12-15(10-11-18(13)23-3)6-4-9-19(22)21-17-8-5-7-16(20)14(17)2/h5,7-8,10-12H,4,6,9H2,1-3H3,(H,21,22). The molecule has 23 heavy (non-hydrogen) atoms. The second-order valence-electron chi connectivity index (χ2n) is 5.62. The molecule has 0 saturated heterocycles. The molecule has 0 spiro atoms. The quantitative estimate of drug-likeness (QED) is 0.857. The Morgan fingerprint density at radius 3 is 2.70 bits per heavy atom. The second-order valence-corrected chi connectivity index (χ2v) is 5.62. The summed E-state index contributed by atoms with van der Waals surface area (Å²) < 4.78 is 18.7. The van der Waals surface area contributed by atoms with Crippen LogP contribution in [0.5, 0.6) is 5.75 Å². The fourth-order valence-corrected chi connectivity index (χ4v) is 2.50. The number of benzene rings is 2. The SMILES string of the molecule is COc1ccc(CCCC(=O)Nc2cccc(F)c2C)cc1C. The Morgan fingerprint density at radius 1 is 1.22 bits per heavy atom. The third-order valence-corrected chi connectivity index (χ3v) is 3.87. The zero-order valence-electron chi connectivity index (χ0n) is 13.8. The molecule has 0 aliphatic carbocycles. The van der Waals surface area contributed by atoms with E-state index < -0.39 is 0 Å². The zero-order chi connectivity index (χ0) is 16.8. The molecule has 0 fully saturated rings. The maximum absolute atomic E-state index is 13.4. The lowest BCUT2D eigenvalue weighted by atomic mass is 10.0. The molecule has 0 saturated carbocycles. The first kappa shape index (κ1) is 17.0. The van der Waals surface area contributed by atoms with Gasteiger partial charge in [-0.05, 0) is 56.0 Å². The smallest absolute Gasteiger partial charge is 0.224 e. The van der Waals surface area contributed by atoms with Crippen LogP contribution in [-0.4, -0.2) is 13.0 Å². The fraction of sp³-hybridized carbons (Fsp3) is 0.316. The molecule has 0 aromatic heterocycles. The van der Waals surface area contributed by atoms with E-state index in [4.69, 9.17) is 4.74 Å². The van der Waals surface area contributed by atoms with Crippen molar-refractivity contribution in [3.8, 4) is 5.75 Å². The van der Waals surface area contributed by atoms with Crippen LogP contribution >= 0.6 is 0 Å². The third kappa shape index (κ3) is 4.55. The summed E-state index contributed by atoms with van der Waals surface area (Å²) >= 11 is 0. The third-order valence-electron chi connectivity index (χ3n) is 3.87. The number of hydrogen-bond donors (Lipinski definition) is 1. The van der Waals surface area contributed by atoms with Gasteiger partial charge in [0.15, 0.2) is 0 Å². The van der Waals surface area contributed by atoms with Gasteiger partial charge in [0.2, 0.25) is 5.91 Å². The number of carbonyl (C=O) groups excluding carboxylic acids is 1. The van der Waals surface area contributed by atoms with Crippen LogP contribution in [0.2, 0.25) is 0 Å². The van der Waals surface area contributed by atoms with E-state index in [1.807, 2.05) is 19.1 Å². The summed E-state index contributed by atoms with van der Waals surface area (Å²) in [6, 6.07) is 10.7. The first-order valence-electron chi connectivity index (χ1n) is 7.69. The van der Waals surface area contributed by atoms with Gasteiger partial charge in [0.1, 0.15) is 11.6 Å². The Bertz CT molecular complexity index is 698. The van der Waals surface area contributed by atoms with Crippen molar-refractivity contribution in [2.24, 2.45) is 0 Å². The fourth-order valence-electron chi connectivity index (χ4n) is 2.50. The van der Waals surface area contributed by atoms with Gasteiger partial charge in [-0.3, -0.25) is 4.79 Å². The number of ether oxygens (including phenoxy) is 1. The molecule has 0 heterocycles. The van der Waals surface area contributed by atoms with Crippen LogP contribution in [0.3, 0.4) is 0 Å². The highest BCUT2D eigenvalue weighted by Gasteiger charge is 2.08. The minimum atomic E-state index is -0.309. The van der Waals surface area contributed by atoms with Crippen molar-refractivity contribution >= 4 is 11.6 Å². The minimum absolute atomic E-state index is 0.0936. The van der Waals surface area contributed by atoms with Crippen molar-refractivity contribution in [1.29, 1.82) is 0 Å². The molecule has 2 aromatic rings. The number of amides is 1. The maximum atomic E-state index is 13.4. The van der Waals surface area contributed by atoms with Crippen LogP contribution in [0.25, 0.3) is 0 Å². The molecule has 1 amide bonds. The number of hydrogen-bond acceptors (Lipinski definition) is 2. The van der Waals surface area contributed by atoms with Crippen LogP contribution in [0.4, 0.5) is 10.1 Å². The van der Waals surface area contributed by atoms with Crippen molar-refractivity contribution in [3.63, 3.8) is 0 Å². The summed E-state index contributed by atoms with van der Waals surface area (Å²) in [6.45, 7) is 3.66. The molecular weight excluding hydrogens is 293 g/mol. The second kappa shape index (κ2) is 7.77. The van der Waals surface area contributed by atoms with Crippen LogP contribution < -0.4 is 10.1 Å². The van der Waals surface area contributed by atoms with E-state index in [0.29, 0.717) is 17.7 Å². The van der Waals surface area contributed by atoms with E-state index in [2.05, 4.69) is 11.4 Å². The lowest BCUT2D eigenvalue weighted by molar-refractivity contribution is -0.116. The molecule has 0 aliphatic rings. The molecule has 2 rings (SSSR count). The molecular formula is C19H22FNO2. The van der Waals surface area contributed by atoms with Gasteiger partial charge in [-0.25, -0.2) is 4.39 Å². The van der Waals surface area contributed by atoms with Crippen LogP contribution in [0.15, 0.2) is 36.4 Å². The van der Waals surface area contributed by atoms with Gasteiger partial charge in [0, 0.05) is 17.7 Å². The number of halogens is 1. The Kier molecular flexibility index (Phi) is 5.74. The summed E-state index contributed by atoms with van der Waals surface area (Å²) in [6.07, 6.45) is 1.97. The summed E-state index contributed by atoms with van der Waals surface area (Å²) in [7, 11) is 1.65. The van der Waals surface area contributed by atoms with E-state index in [0.717, 1.165) is 24.2 Å². The Morgan fingerprint density at radius 2 is 2.00 bits per heavy atom. The topological polar surface area (TPSA) is 38.3 Å². The molecule has 0 aliphatic heterocycles. The normalized spacial score (nSPS) is 10.4. The van der Waals surface area contributed by atoms with E-state index in [1.54, 1.807) is 26.2 Å². The Hall–Kier alpha value is -2.36. The van der Waals surface area contributed by atoms with Crippen LogP contribution in [0.1, 0.15) is 29.5 Å². The van der Waals surface area contributed by atoms with Gasteiger partial charge < -0.3 is 10.1 Å². The van der Waals surface area contributed by atoms with E-state index in [9.17, 15) is 9.18 Å². The average molecular weight is 315 g/mol. The largest absolute Gasteiger partial charge is 0.496 e. The monoisotopic (exact) mass is 315 g/mol. The van der Waals surface area contributed by atoms with Gasteiger partial charge >= 0.3 is 0 Å². The molecule has 3 nitrogen and oxygen atoms in total. The van der Waals surface area contributed by atoms with E-state index in [1.165, 1.54) is 11.6 Å². The first-order valence-corrected chi connectivity index (χ1v) is 7.69.